The number of para-hydroxylation sites is 1. The number of carbonyl (C=O) groups is 1. The molecular formula is C27H31N3O4S2. The third-order valence-corrected chi connectivity index (χ3v) is 7.07. The zero-order chi connectivity index (χ0) is 26.1. The number of thiocarbonyl (C=S) groups is 1. The molecule has 190 valence electrons. The zero-order valence-electron chi connectivity index (χ0n) is 20.6. The van der Waals surface area contributed by atoms with Crippen LogP contribution in [0.25, 0.3) is 0 Å². The fourth-order valence-electron chi connectivity index (χ4n) is 3.47. The van der Waals surface area contributed by atoms with Crippen LogP contribution in [-0.4, -0.2) is 26.0 Å². The smallest absolute Gasteiger partial charge is 0.261 e. The number of unbranched alkanes of at least 4 members (excludes halogenated alkanes) is 2. The van der Waals surface area contributed by atoms with Gasteiger partial charge in [0.05, 0.1) is 17.2 Å². The summed E-state index contributed by atoms with van der Waals surface area (Å²) in [6.07, 6.45) is 3.24. The van der Waals surface area contributed by atoms with E-state index in [-0.39, 0.29) is 15.9 Å². The van der Waals surface area contributed by atoms with Crippen molar-refractivity contribution in [1.29, 1.82) is 0 Å². The van der Waals surface area contributed by atoms with Crippen LogP contribution in [-0.2, 0) is 10.0 Å². The SMILES string of the molecule is CCCCCOc1ccc(C(=O)NC(=S)Nc2ccc(S(=O)(=O)Nc3c(C)cccc3C)cc2)cc1. The molecule has 0 aromatic heterocycles. The molecule has 0 saturated carbocycles. The van der Waals surface area contributed by atoms with E-state index in [1.54, 1.807) is 36.4 Å². The summed E-state index contributed by atoms with van der Waals surface area (Å²) >= 11 is 5.24. The molecule has 0 atom stereocenters. The second kappa shape index (κ2) is 12.5. The van der Waals surface area contributed by atoms with E-state index in [4.69, 9.17) is 17.0 Å². The van der Waals surface area contributed by atoms with Crippen molar-refractivity contribution < 1.29 is 17.9 Å². The summed E-state index contributed by atoms with van der Waals surface area (Å²) < 4.78 is 34.0. The highest BCUT2D eigenvalue weighted by atomic mass is 32.2. The molecular weight excluding hydrogens is 494 g/mol. The molecule has 0 aliphatic carbocycles. The maximum atomic E-state index is 12.8. The Labute approximate surface area is 218 Å². The van der Waals surface area contributed by atoms with Crippen LogP contribution in [0.1, 0.15) is 47.7 Å². The van der Waals surface area contributed by atoms with Crippen molar-refractivity contribution in [3.05, 3.63) is 83.4 Å². The van der Waals surface area contributed by atoms with Crippen LogP contribution in [0.5, 0.6) is 5.75 Å². The van der Waals surface area contributed by atoms with Crippen LogP contribution in [0, 0.1) is 13.8 Å². The lowest BCUT2D eigenvalue weighted by molar-refractivity contribution is 0.0977. The van der Waals surface area contributed by atoms with E-state index in [0.717, 1.165) is 30.4 Å². The normalized spacial score (nSPS) is 11.0. The second-order valence-corrected chi connectivity index (χ2v) is 10.5. The summed E-state index contributed by atoms with van der Waals surface area (Å²) in [6.45, 7) is 6.49. The van der Waals surface area contributed by atoms with Crippen molar-refractivity contribution in [1.82, 2.24) is 5.32 Å². The number of nitrogens with one attached hydrogen (secondary N) is 3. The predicted molar refractivity (Wildman–Crippen MR) is 148 cm³/mol. The van der Waals surface area contributed by atoms with Gasteiger partial charge in [-0.05, 0) is 92.1 Å². The van der Waals surface area contributed by atoms with Gasteiger partial charge in [0, 0.05) is 11.3 Å². The summed E-state index contributed by atoms with van der Waals surface area (Å²) in [4.78, 5) is 12.6. The number of rotatable bonds is 10. The van der Waals surface area contributed by atoms with Crippen LogP contribution in [0.2, 0.25) is 0 Å². The van der Waals surface area contributed by atoms with Crippen LogP contribution in [0.4, 0.5) is 11.4 Å². The lowest BCUT2D eigenvalue weighted by Gasteiger charge is -2.14. The van der Waals surface area contributed by atoms with E-state index < -0.39 is 10.0 Å². The predicted octanol–water partition coefficient (Wildman–Crippen LogP) is 5.80. The third-order valence-electron chi connectivity index (χ3n) is 5.50. The Morgan fingerprint density at radius 3 is 2.17 bits per heavy atom. The Kier molecular flexibility index (Phi) is 9.44. The molecule has 3 aromatic carbocycles. The highest BCUT2D eigenvalue weighted by Gasteiger charge is 2.17. The number of anilines is 2. The fourth-order valence-corrected chi connectivity index (χ4v) is 4.88. The number of sulfonamides is 1. The van der Waals surface area contributed by atoms with Gasteiger partial charge >= 0.3 is 0 Å². The number of hydrogen-bond donors (Lipinski definition) is 3. The van der Waals surface area contributed by atoms with E-state index in [0.29, 0.717) is 29.3 Å². The first-order valence-electron chi connectivity index (χ1n) is 11.7. The van der Waals surface area contributed by atoms with Gasteiger partial charge in [0.15, 0.2) is 5.11 Å². The number of hydrogen-bond acceptors (Lipinski definition) is 5. The van der Waals surface area contributed by atoms with Crippen molar-refractivity contribution in [2.24, 2.45) is 0 Å². The Morgan fingerprint density at radius 1 is 0.917 bits per heavy atom. The fraction of sp³-hybridized carbons (Fsp3) is 0.259. The van der Waals surface area contributed by atoms with Gasteiger partial charge in [0.1, 0.15) is 5.75 Å². The molecule has 0 aliphatic heterocycles. The van der Waals surface area contributed by atoms with Crippen LogP contribution in [0.3, 0.4) is 0 Å². The molecule has 0 aliphatic rings. The van der Waals surface area contributed by atoms with Crippen molar-refractivity contribution in [2.45, 2.75) is 44.9 Å². The minimum absolute atomic E-state index is 0.101. The highest BCUT2D eigenvalue weighted by molar-refractivity contribution is 7.92. The van der Waals surface area contributed by atoms with E-state index in [2.05, 4.69) is 22.3 Å². The molecule has 0 fully saturated rings. The summed E-state index contributed by atoms with van der Waals surface area (Å²) in [5, 5.41) is 5.63. The molecule has 9 heteroatoms. The minimum atomic E-state index is -3.76. The van der Waals surface area contributed by atoms with Crippen LogP contribution < -0.4 is 20.1 Å². The molecule has 3 aromatic rings. The van der Waals surface area contributed by atoms with Crippen molar-refractivity contribution in [3.8, 4) is 5.75 Å². The summed E-state index contributed by atoms with van der Waals surface area (Å²) in [5.74, 6) is 0.354. The number of carbonyl (C=O) groups excluding carboxylic acids is 1. The van der Waals surface area contributed by atoms with Gasteiger partial charge in [-0.25, -0.2) is 8.42 Å². The maximum absolute atomic E-state index is 12.8. The van der Waals surface area contributed by atoms with E-state index in [1.807, 2.05) is 32.0 Å². The van der Waals surface area contributed by atoms with Crippen molar-refractivity contribution in [2.75, 3.05) is 16.6 Å². The molecule has 0 spiro atoms. The monoisotopic (exact) mass is 525 g/mol. The molecule has 3 N–H and O–H groups in total. The van der Waals surface area contributed by atoms with E-state index in [1.165, 1.54) is 12.1 Å². The molecule has 0 bridgehead atoms. The summed E-state index contributed by atoms with van der Waals surface area (Å²) in [5.41, 5.74) is 3.24. The van der Waals surface area contributed by atoms with Crippen LogP contribution >= 0.6 is 12.2 Å². The lowest BCUT2D eigenvalue weighted by Crippen LogP contribution is -2.34. The van der Waals surface area contributed by atoms with Gasteiger partial charge in [0.25, 0.3) is 15.9 Å². The van der Waals surface area contributed by atoms with Crippen LogP contribution in [0.15, 0.2) is 71.6 Å². The Hall–Kier alpha value is -3.43. The summed E-state index contributed by atoms with van der Waals surface area (Å²) in [7, 11) is -3.76. The van der Waals surface area contributed by atoms with Gasteiger partial charge < -0.3 is 10.1 Å². The topological polar surface area (TPSA) is 96.5 Å². The second-order valence-electron chi connectivity index (χ2n) is 8.38. The summed E-state index contributed by atoms with van der Waals surface area (Å²) in [6, 6.07) is 18.6. The largest absolute Gasteiger partial charge is 0.494 e. The maximum Gasteiger partial charge on any atom is 0.261 e. The molecule has 0 heterocycles. The van der Waals surface area contributed by atoms with E-state index in [9.17, 15) is 13.2 Å². The van der Waals surface area contributed by atoms with Crippen molar-refractivity contribution in [3.63, 3.8) is 0 Å². The molecule has 0 unspecified atom stereocenters. The van der Waals surface area contributed by atoms with Crippen molar-refractivity contribution >= 4 is 44.6 Å². The van der Waals surface area contributed by atoms with Gasteiger partial charge in [-0.2, -0.15) is 0 Å². The average molecular weight is 526 g/mol. The number of aryl methyl sites for hydroxylation is 2. The average Bonchev–Trinajstić information content (AvgIpc) is 2.85. The minimum Gasteiger partial charge on any atom is -0.494 e. The number of ether oxygens (including phenoxy) is 1. The quantitative estimate of drug-likeness (QED) is 0.229. The zero-order valence-corrected chi connectivity index (χ0v) is 22.3. The Morgan fingerprint density at radius 2 is 1.56 bits per heavy atom. The molecule has 7 nitrogen and oxygen atoms in total. The lowest BCUT2D eigenvalue weighted by atomic mass is 10.1. The van der Waals surface area contributed by atoms with E-state index >= 15 is 0 Å². The standard InChI is InChI=1S/C27H31N3O4S2/c1-4-5-6-18-34-23-14-10-21(11-15-23)26(31)29-27(35)28-22-12-16-24(17-13-22)36(32,33)30-25-19(2)8-7-9-20(25)3/h7-17,30H,4-6,18H2,1-3H3,(H2,28,29,31,35). The molecule has 0 radical (unpaired) electrons. The van der Waals surface area contributed by atoms with Gasteiger partial charge in [-0.1, -0.05) is 38.0 Å². The molecule has 36 heavy (non-hydrogen) atoms. The first-order valence-corrected chi connectivity index (χ1v) is 13.6. The Bertz CT molecular complexity index is 1290. The Balaban J connectivity index is 1.55. The highest BCUT2D eigenvalue weighted by Crippen LogP contribution is 2.24. The molecule has 1 amide bonds. The first kappa shape index (κ1) is 27.2. The number of benzene rings is 3. The molecule has 0 saturated heterocycles. The van der Waals surface area contributed by atoms with Gasteiger partial charge in [-0.15, -0.1) is 0 Å². The number of amides is 1. The molecule has 3 rings (SSSR count). The van der Waals surface area contributed by atoms with Gasteiger partial charge in [-0.3, -0.25) is 14.8 Å². The third kappa shape index (κ3) is 7.53. The van der Waals surface area contributed by atoms with Gasteiger partial charge in [0.2, 0.25) is 0 Å². The first-order chi connectivity index (χ1) is 17.2.